The molecule has 3 amide bonds. The summed E-state index contributed by atoms with van der Waals surface area (Å²) in [4.78, 5) is 49.1. The van der Waals surface area contributed by atoms with Gasteiger partial charge in [0.25, 0.3) is 5.91 Å². The van der Waals surface area contributed by atoms with E-state index in [1.807, 2.05) is 12.1 Å². The normalized spacial score (nSPS) is 14.5. The third-order valence-electron chi connectivity index (χ3n) is 4.42. The van der Waals surface area contributed by atoms with Crippen LogP contribution in [-0.4, -0.2) is 41.7 Å². The molecule has 0 radical (unpaired) electrons. The summed E-state index contributed by atoms with van der Waals surface area (Å²) in [7, 11) is 0. The van der Waals surface area contributed by atoms with Crippen LogP contribution in [-0.2, 0) is 14.3 Å². The summed E-state index contributed by atoms with van der Waals surface area (Å²) in [6.07, 6.45) is -0.642. The number of benzene rings is 2. The molecule has 1 atom stereocenters. The molecule has 3 rings (SSSR count). The number of ether oxygens (including phenoxy) is 1. The van der Waals surface area contributed by atoms with Crippen molar-refractivity contribution in [3.63, 3.8) is 0 Å². The van der Waals surface area contributed by atoms with E-state index < -0.39 is 18.0 Å². The van der Waals surface area contributed by atoms with E-state index in [9.17, 15) is 19.2 Å². The van der Waals surface area contributed by atoms with Gasteiger partial charge in [0.1, 0.15) is 0 Å². The summed E-state index contributed by atoms with van der Waals surface area (Å²) in [5.74, 6) is -0.900. The minimum atomic E-state index is -0.723. The third-order valence-corrected chi connectivity index (χ3v) is 4.42. The lowest BCUT2D eigenvalue weighted by molar-refractivity contribution is -0.127. The quantitative estimate of drug-likeness (QED) is 0.710. The molecule has 7 heteroatoms. The lowest BCUT2D eigenvalue weighted by Crippen LogP contribution is -2.40. The van der Waals surface area contributed by atoms with Crippen LogP contribution in [0, 0.1) is 0 Å². The lowest BCUT2D eigenvalue weighted by Gasteiger charge is -2.22. The van der Waals surface area contributed by atoms with Gasteiger partial charge in [-0.15, -0.1) is 0 Å². The highest BCUT2D eigenvalue weighted by atomic mass is 16.6. The number of nitrogens with one attached hydrogen (secondary N) is 1. The molecule has 1 saturated heterocycles. The third kappa shape index (κ3) is 4.82. The number of ketones is 1. The molecule has 1 heterocycles. The molecule has 0 saturated carbocycles. The van der Waals surface area contributed by atoms with E-state index in [4.69, 9.17) is 4.74 Å². The number of carbonyl (C=O) groups excluding carboxylic acids is 4. The Bertz CT molecular complexity index is 851. The van der Waals surface area contributed by atoms with Crippen molar-refractivity contribution in [1.29, 1.82) is 0 Å². The first-order valence-electron chi connectivity index (χ1n) is 8.94. The Morgan fingerprint density at radius 2 is 1.61 bits per heavy atom. The fourth-order valence-electron chi connectivity index (χ4n) is 2.92. The maximum absolute atomic E-state index is 12.4. The molecule has 1 aliphatic heterocycles. The first-order chi connectivity index (χ1) is 13.5. The topological polar surface area (TPSA) is 92.8 Å². The zero-order chi connectivity index (χ0) is 19.9. The van der Waals surface area contributed by atoms with Crippen molar-refractivity contribution in [2.24, 2.45) is 0 Å². The van der Waals surface area contributed by atoms with Gasteiger partial charge in [-0.3, -0.25) is 14.4 Å². The number of imide groups is 1. The standard InChI is InChI=1S/C21H20N2O5/c24-18(16-9-5-2-6-10-16)11-12-19(25)22-17(15-7-3-1-4-8-15)13-23-20(26)14-28-21(23)27/h1-10,17H,11-14H2,(H,22,25)/t17-/m1/s1. The number of cyclic esters (lactones) is 1. The van der Waals surface area contributed by atoms with Crippen LogP contribution in [0.4, 0.5) is 4.79 Å². The fourth-order valence-corrected chi connectivity index (χ4v) is 2.92. The van der Waals surface area contributed by atoms with Crippen LogP contribution >= 0.6 is 0 Å². The minimum absolute atomic E-state index is 0.00938. The van der Waals surface area contributed by atoms with Crippen molar-refractivity contribution in [2.75, 3.05) is 13.2 Å². The number of carbonyl (C=O) groups is 4. The molecule has 1 aliphatic rings. The first kappa shape index (κ1) is 19.3. The zero-order valence-electron chi connectivity index (χ0n) is 15.2. The van der Waals surface area contributed by atoms with Crippen LogP contribution in [0.2, 0.25) is 0 Å². The predicted octanol–water partition coefficient (Wildman–Crippen LogP) is 2.49. The van der Waals surface area contributed by atoms with E-state index in [1.54, 1.807) is 48.5 Å². The highest BCUT2D eigenvalue weighted by molar-refractivity contribution is 5.98. The Morgan fingerprint density at radius 1 is 0.964 bits per heavy atom. The first-order valence-corrected chi connectivity index (χ1v) is 8.94. The Hall–Kier alpha value is -3.48. The summed E-state index contributed by atoms with van der Waals surface area (Å²) < 4.78 is 4.73. The molecule has 0 aromatic heterocycles. The molecule has 2 aromatic carbocycles. The predicted molar refractivity (Wildman–Crippen MR) is 100 cm³/mol. The maximum atomic E-state index is 12.4. The van der Waals surface area contributed by atoms with E-state index in [0.29, 0.717) is 5.56 Å². The van der Waals surface area contributed by atoms with Crippen molar-refractivity contribution in [1.82, 2.24) is 10.2 Å². The highest BCUT2D eigenvalue weighted by Crippen LogP contribution is 2.18. The van der Waals surface area contributed by atoms with Crippen LogP contribution < -0.4 is 5.32 Å². The van der Waals surface area contributed by atoms with E-state index in [-0.39, 0.29) is 37.7 Å². The van der Waals surface area contributed by atoms with Gasteiger partial charge < -0.3 is 10.1 Å². The second-order valence-corrected chi connectivity index (χ2v) is 6.38. The molecule has 144 valence electrons. The van der Waals surface area contributed by atoms with Crippen molar-refractivity contribution in [3.8, 4) is 0 Å². The van der Waals surface area contributed by atoms with E-state index in [1.165, 1.54) is 0 Å². The molecule has 0 bridgehead atoms. The Labute approximate surface area is 162 Å². The molecule has 1 N–H and O–H groups in total. The molecular formula is C21H20N2O5. The van der Waals surface area contributed by atoms with Gasteiger partial charge in [-0.2, -0.15) is 0 Å². The largest absolute Gasteiger partial charge is 0.439 e. The molecule has 2 aromatic rings. The van der Waals surface area contributed by atoms with Gasteiger partial charge in [-0.25, -0.2) is 9.69 Å². The summed E-state index contributed by atoms with van der Waals surface area (Å²) in [6, 6.07) is 17.2. The highest BCUT2D eigenvalue weighted by Gasteiger charge is 2.33. The van der Waals surface area contributed by atoms with Gasteiger partial charge in [-0.05, 0) is 5.56 Å². The van der Waals surface area contributed by atoms with Crippen molar-refractivity contribution < 1.29 is 23.9 Å². The number of rotatable bonds is 8. The molecule has 28 heavy (non-hydrogen) atoms. The fraction of sp³-hybridized carbons (Fsp3) is 0.238. The average molecular weight is 380 g/mol. The van der Waals surface area contributed by atoms with Gasteiger partial charge >= 0.3 is 6.09 Å². The average Bonchev–Trinajstić information content (AvgIpc) is 3.04. The second kappa shape index (κ2) is 8.94. The summed E-state index contributed by atoms with van der Waals surface area (Å²) in [5, 5.41) is 2.82. The Kier molecular flexibility index (Phi) is 6.16. The van der Waals surface area contributed by atoms with Gasteiger partial charge in [0.2, 0.25) is 5.91 Å². The molecule has 0 spiro atoms. The summed E-state index contributed by atoms with van der Waals surface area (Å²) in [6.45, 7) is -0.320. The van der Waals surface area contributed by atoms with Crippen LogP contribution in [0.15, 0.2) is 60.7 Å². The number of Topliss-reactive ketones (excluding diaryl/α,β-unsaturated/α-hetero) is 1. The summed E-state index contributed by atoms with van der Waals surface area (Å²) in [5.41, 5.74) is 1.30. The van der Waals surface area contributed by atoms with Crippen LogP contribution in [0.25, 0.3) is 0 Å². The molecule has 1 fully saturated rings. The Morgan fingerprint density at radius 3 is 2.21 bits per heavy atom. The summed E-state index contributed by atoms with van der Waals surface area (Å²) >= 11 is 0. The molecule has 0 aliphatic carbocycles. The lowest BCUT2D eigenvalue weighted by atomic mass is 10.0. The van der Waals surface area contributed by atoms with Crippen LogP contribution in [0.3, 0.4) is 0 Å². The van der Waals surface area contributed by atoms with Crippen LogP contribution in [0.5, 0.6) is 0 Å². The van der Waals surface area contributed by atoms with Gasteiger partial charge in [0, 0.05) is 18.4 Å². The smallest absolute Gasteiger partial charge is 0.417 e. The zero-order valence-corrected chi connectivity index (χ0v) is 15.2. The monoisotopic (exact) mass is 380 g/mol. The second-order valence-electron chi connectivity index (χ2n) is 6.38. The van der Waals surface area contributed by atoms with E-state index in [0.717, 1.165) is 10.5 Å². The van der Waals surface area contributed by atoms with E-state index >= 15 is 0 Å². The van der Waals surface area contributed by atoms with Crippen molar-refractivity contribution >= 4 is 23.7 Å². The van der Waals surface area contributed by atoms with Crippen molar-refractivity contribution in [3.05, 3.63) is 71.8 Å². The molecular weight excluding hydrogens is 360 g/mol. The number of hydrogen-bond acceptors (Lipinski definition) is 5. The van der Waals surface area contributed by atoms with Crippen LogP contribution in [0.1, 0.15) is 34.8 Å². The van der Waals surface area contributed by atoms with Gasteiger partial charge in [-0.1, -0.05) is 60.7 Å². The molecule has 0 unspecified atom stereocenters. The number of amides is 3. The molecule has 7 nitrogen and oxygen atoms in total. The van der Waals surface area contributed by atoms with E-state index in [2.05, 4.69) is 5.32 Å². The van der Waals surface area contributed by atoms with Gasteiger partial charge in [0.05, 0.1) is 12.6 Å². The number of nitrogens with zero attached hydrogens (tertiary/aromatic N) is 1. The van der Waals surface area contributed by atoms with Crippen molar-refractivity contribution in [2.45, 2.75) is 18.9 Å². The Balaban J connectivity index is 1.64. The maximum Gasteiger partial charge on any atom is 0.417 e. The number of hydrogen-bond donors (Lipinski definition) is 1. The SMILES string of the molecule is O=C(CCC(=O)c1ccccc1)N[C@H](CN1C(=O)COC1=O)c1ccccc1. The van der Waals surface area contributed by atoms with Gasteiger partial charge in [0.15, 0.2) is 12.4 Å². The minimum Gasteiger partial charge on any atom is -0.439 e.